The van der Waals surface area contributed by atoms with E-state index in [4.69, 9.17) is 19.2 Å². The van der Waals surface area contributed by atoms with Crippen molar-refractivity contribution < 1.29 is 94.2 Å². The van der Waals surface area contributed by atoms with Crippen molar-refractivity contribution >= 4 is 9.05 Å². The minimum atomic E-state index is -5.61. The minimum Gasteiger partial charge on any atom is -2.00 e. The van der Waals surface area contributed by atoms with Crippen molar-refractivity contribution in [1.29, 1.82) is 0 Å². The zero-order chi connectivity index (χ0) is 4.50. The summed E-state index contributed by atoms with van der Waals surface area (Å²) in [5.74, 6) is 0. The monoisotopic (exact) mass is 366 g/mol. The van der Waals surface area contributed by atoms with Crippen LogP contribution in [0, 0.1) is 36.9 Å². The van der Waals surface area contributed by atoms with Gasteiger partial charge in [0.2, 0.25) is 0 Å². The van der Waals surface area contributed by atoms with Gasteiger partial charge in [0.1, 0.15) is 0 Å². The molecule has 0 spiro atoms. The van der Waals surface area contributed by atoms with E-state index in [2.05, 4.69) is 0 Å². The molecule has 0 rings (SSSR count). The molecule has 8 heteroatoms. The van der Waals surface area contributed by atoms with Crippen molar-refractivity contribution in [3.05, 3.63) is 0 Å². The topological polar surface area (TPSA) is 121 Å². The summed E-state index contributed by atoms with van der Waals surface area (Å²) in [5.41, 5.74) is 0. The second-order valence-corrected chi connectivity index (χ2v) is 1.50. The molecule has 0 aliphatic rings. The maximum Gasteiger partial charge on any atom is 3.00 e. The first-order valence-corrected chi connectivity index (χ1v) is 2.45. The van der Waals surface area contributed by atoms with Gasteiger partial charge in [0.05, 0.1) is 0 Å². The zero-order valence-electron chi connectivity index (χ0n) is 3.40. The summed E-state index contributed by atoms with van der Waals surface area (Å²) in [6, 6.07) is 0. The Labute approximate surface area is 102 Å². The molecule has 0 aromatic rings. The molecule has 8 heavy (non-hydrogen) atoms. The Kier molecular flexibility index (Phi) is 26.2. The maximum absolute atomic E-state index is 8.58. The molecule has 0 saturated carbocycles. The van der Waals surface area contributed by atoms with Crippen LogP contribution in [-0.4, -0.2) is 9.05 Å². The summed E-state index contributed by atoms with van der Waals surface area (Å²) in [5, 5.41) is 0. The molecule has 0 aliphatic heterocycles. The summed E-state index contributed by atoms with van der Waals surface area (Å²) in [6.45, 7) is 0. The third-order valence-corrected chi connectivity index (χ3v) is 0. The minimum absolute atomic E-state index is 0. The standard InChI is InChI=1S/O4Si.O.Tm.Y/c1-5(2,3)4;;;/q-4;-2;2*+3. The SMILES string of the molecule is [O-2].[O-][Si]([O-])([O-])[O-].[Tm+3].[Y+3]. The van der Waals surface area contributed by atoms with Gasteiger partial charge in [-0.3, -0.25) is 0 Å². The molecule has 0 bridgehead atoms. The van der Waals surface area contributed by atoms with Crippen molar-refractivity contribution in [1.82, 2.24) is 0 Å². The second kappa shape index (κ2) is 9.35. The molecule has 0 aromatic heterocycles. The molecule has 50 valence electrons. The average molecular weight is 366 g/mol. The summed E-state index contributed by atoms with van der Waals surface area (Å²) >= 11 is 0. The van der Waals surface area contributed by atoms with E-state index in [1.165, 1.54) is 0 Å². The molecule has 0 heterocycles. The van der Waals surface area contributed by atoms with Crippen molar-refractivity contribution in [3.63, 3.8) is 0 Å². The Morgan fingerprint density at radius 1 is 0.875 bits per heavy atom. The Hall–Kier alpha value is 2.35. The Morgan fingerprint density at radius 3 is 0.875 bits per heavy atom. The van der Waals surface area contributed by atoms with E-state index >= 15 is 0 Å². The normalized spacial score (nSPS) is 7.50. The molecule has 0 unspecified atom stereocenters. The van der Waals surface area contributed by atoms with Gasteiger partial charge in [0, 0.05) is 0 Å². The van der Waals surface area contributed by atoms with Gasteiger partial charge in [-0.2, -0.15) is 0 Å². The second-order valence-electron chi connectivity index (χ2n) is 0.500. The van der Waals surface area contributed by atoms with Crippen LogP contribution in [0.25, 0.3) is 0 Å². The molecule has 0 fully saturated rings. The third-order valence-electron chi connectivity index (χ3n) is 0. The van der Waals surface area contributed by atoms with Crippen LogP contribution in [0.5, 0.6) is 0 Å². The predicted molar refractivity (Wildman–Crippen MR) is 6.44 cm³/mol. The maximum atomic E-state index is 8.58. The van der Waals surface area contributed by atoms with Gasteiger partial charge < -0.3 is 33.7 Å². The molecular formula is O5SiTmY. The van der Waals surface area contributed by atoms with Crippen LogP contribution in [0.3, 0.4) is 0 Å². The van der Waals surface area contributed by atoms with Crippen molar-refractivity contribution in [2.75, 3.05) is 0 Å². The van der Waals surface area contributed by atoms with Crippen LogP contribution < -0.4 is 19.2 Å². The van der Waals surface area contributed by atoms with Crippen LogP contribution in [0.1, 0.15) is 0 Å². The molecule has 5 nitrogen and oxygen atoms in total. The van der Waals surface area contributed by atoms with Crippen molar-refractivity contribution in [2.45, 2.75) is 0 Å². The van der Waals surface area contributed by atoms with Crippen LogP contribution in [-0.2, 0) is 38.2 Å². The fraction of sp³-hybridized carbons (Fsp3) is 0. The van der Waals surface area contributed by atoms with Crippen LogP contribution in [0.2, 0.25) is 0 Å². The molecule has 0 atom stereocenters. The largest absolute Gasteiger partial charge is 3.00 e. The van der Waals surface area contributed by atoms with Crippen LogP contribution in [0.15, 0.2) is 0 Å². The van der Waals surface area contributed by atoms with E-state index in [0.717, 1.165) is 0 Å². The van der Waals surface area contributed by atoms with E-state index in [0.29, 0.717) is 0 Å². The van der Waals surface area contributed by atoms with E-state index in [9.17, 15) is 0 Å². The Morgan fingerprint density at radius 2 is 0.875 bits per heavy atom. The molecule has 0 N–H and O–H groups in total. The zero-order valence-corrected chi connectivity index (χ0v) is 9.01. The van der Waals surface area contributed by atoms with Gasteiger partial charge in [-0.05, 0) is 0 Å². The van der Waals surface area contributed by atoms with Gasteiger partial charge in [-0.1, -0.05) is 0 Å². The summed E-state index contributed by atoms with van der Waals surface area (Å²) < 4.78 is 0. The molecular weight excluding hydrogens is 366 g/mol. The fourth-order valence-electron chi connectivity index (χ4n) is 0. The number of hydrogen-bond acceptors (Lipinski definition) is 4. The van der Waals surface area contributed by atoms with E-state index in [-0.39, 0.29) is 75.1 Å². The predicted octanol–water partition coefficient (Wildman–Crippen LogP) is -5.26. The van der Waals surface area contributed by atoms with Crippen LogP contribution in [0.4, 0.5) is 0 Å². The van der Waals surface area contributed by atoms with Crippen molar-refractivity contribution in [3.8, 4) is 0 Å². The third kappa shape index (κ3) is 81.5. The van der Waals surface area contributed by atoms with Gasteiger partial charge in [0.15, 0.2) is 0 Å². The quantitative estimate of drug-likeness (QED) is 0.398. The first-order valence-electron chi connectivity index (χ1n) is 0.816. The smallest absolute Gasteiger partial charge is 2.00 e. The number of hydrogen-bond donors (Lipinski definition) is 0. The Bertz CT molecular complexity index is 27.9. The summed E-state index contributed by atoms with van der Waals surface area (Å²) in [7, 11) is -5.61. The molecule has 0 radical (unpaired) electrons. The van der Waals surface area contributed by atoms with E-state index in [1.54, 1.807) is 0 Å². The first kappa shape index (κ1) is 22.4. The summed E-state index contributed by atoms with van der Waals surface area (Å²) in [6.07, 6.45) is 0. The molecule has 0 aromatic carbocycles. The number of rotatable bonds is 0. The molecule has 0 aliphatic carbocycles. The fourth-order valence-corrected chi connectivity index (χ4v) is 0. The first-order chi connectivity index (χ1) is 2.00. The van der Waals surface area contributed by atoms with Gasteiger partial charge in [0.25, 0.3) is 0 Å². The summed E-state index contributed by atoms with van der Waals surface area (Å²) in [4.78, 5) is 34.3. The van der Waals surface area contributed by atoms with Crippen LogP contribution >= 0.6 is 0 Å². The van der Waals surface area contributed by atoms with E-state index < -0.39 is 9.05 Å². The van der Waals surface area contributed by atoms with Gasteiger partial charge in [-0.25, -0.2) is 0 Å². The Balaban J connectivity index is -0.0000000267. The van der Waals surface area contributed by atoms with E-state index in [1.807, 2.05) is 0 Å². The average Bonchev–Trinajstić information content (AvgIpc) is 0.722. The molecule has 0 saturated heterocycles. The van der Waals surface area contributed by atoms with Crippen molar-refractivity contribution in [2.24, 2.45) is 0 Å². The van der Waals surface area contributed by atoms with Gasteiger partial charge in [-0.15, -0.1) is 0 Å². The molecule has 0 amide bonds. The van der Waals surface area contributed by atoms with Gasteiger partial charge >= 0.3 is 69.6 Å².